The number of hydrogen-bond acceptors (Lipinski definition) is 5. The van der Waals surface area contributed by atoms with Gasteiger partial charge in [0.2, 0.25) is 0 Å². The molecule has 0 atom stereocenters. The zero-order valence-electron chi connectivity index (χ0n) is 13.6. The van der Waals surface area contributed by atoms with Crippen molar-refractivity contribution >= 4 is 46.2 Å². The van der Waals surface area contributed by atoms with Gasteiger partial charge in [-0.2, -0.15) is 0 Å². The second-order valence-corrected chi connectivity index (χ2v) is 6.68. The zero-order chi connectivity index (χ0) is 18.7. The number of amidine groups is 1. The summed E-state index contributed by atoms with van der Waals surface area (Å²) < 4.78 is 18.3. The van der Waals surface area contributed by atoms with Crippen LogP contribution in [-0.2, 0) is 4.79 Å². The molecule has 1 heterocycles. The third kappa shape index (κ3) is 4.17. The summed E-state index contributed by atoms with van der Waals surface area (Å²) in [5, 5.41) is 13.1. The van der Waals surface area contributed by atoms with Crippen molar-refractivity contribution in [2.45, 2.75) is 6.92 Å². The van der Waals surface area contributed by atoms with Gasteiger partial charge in [-0.3, -0.25) is 4.79 Å². The van der Waals surface area contributed by atoms with Crippen LogP contribution in [0, 0.1) is 5.82 Å². The number of halogens is 2. The molecule has 5 nitrogen and oxygen atoms in total. The normalized spacial score (nSPS) is 17.0. The topological polar surface area (TPSA) is 70.9 Å². The van der Waals surface area contributed by atoms with E-state index in [-0.39, 0.29) is 28.2 Å². The third-order valence-electron chi connectivity index (χ3n) is 3.36. The number of aliphatic imine (C=N–C) groups is 1. The molecule has 0 saturated carbocycles. The summed E-state index contributed by atoms with van der Waals surface area (Å²) in [6.07, 6.45) is 1.63. The molecule has 0 aliphatic carbocycles. The largest absolute Gasteiger partial charge is 0.503 e. The Kier molecular flexibility index (Phi) is 5.49. The quantitative estimate of drug-likeness (QED) is 0.753. The van der Waals surface area contributed by atoms with Crippen molar-refractivity contribution in [1.82, 2.24) is 5.32 Å². The van der Waals surface area contributed by atoms with E-state index in [1.54, 1.807) is 19.1 Å². The number of carbonyl (C=O) groups excluding carboxylic acids is 1. The molecule has 134 valence electrons. The van der Waals surface area contributed by atoms with Crippen LogP contribution in [-0.4, -0.2) is 22.8 Å². The number of hydrogen-bond donors (Lipinski definition) is 2. The maximum absolute atomic E-state index is 12.9. The van der Waals surface area contributed by atoms with Gasteiger partial charge < -0.3 is 15.2 Å². The van der Waals surface area contributed by atoms with E-state index in [1.165, 1.54) is 30.3 Å². The molecule has 1 aliphatic rings. The fraction of sp³-hybridized carbons (Fsp3) is 0.111. The maximum atomic E-state index is 12.9. The molecular weight excluding hydrogens is 379 g/mol. The number of phenolic OH excluding ortho intramolecular Hbond substituents is 1. The first kappa shape index (κ1) is 18.3. The molecule has 0 bridgehead atoms. The van der Waals surface area contributed by atoms with Crippen molar-refractivity contribution in [1.29, 1.82) is 0 Å². The summed E-state index contributed by atoms with van der Waals surface area (Å²) in [5.41, 5.74) is 1.14. The first-order chi connectivity index (χ1) is 12.5. The van der Waals surface area contributed by atoms with Crippen LogP contribution in [0.2, 0.25) is 5.02 Å². The van der Waals surface area contributed by atoms with Crippen molar-refractivity contribution in [2.24, 2.45) is 4.99 Å². The highest BCUT2D eigenvalue weighted by Gasteiger charge is 2.24. The number of nitrogens with zero attached hydrogens (tertiary/aromatic N) is 1. The molecule has 0 spiro atoms. The van der Waals surface area contributed by atoms with E-state index in [2.05, 4.69) is 10.3 Å². The zero-order valence-corrected chi connectivity index (χ0v) is 15.2. The molecule has 2 N–H and O–H groups in total. The van der Waals surface area contributed by atoms with E-state index in [4.69, 9.17) is 16.3 Å². The highest BCUT2D eigenvalue weighted by Crippen LogP contribution is 2.37. The Morgan fingerprint density at radius 1 is 1.35 bits per heavy atom. The Morgan fingerprint density at radius 2 is 2.08 bits per heavy atom. The summed E-state index contributed by atoms with van der Waals surface area (Å²) >= 11 is 7.16. The van der Waals surface area contributed by atoms with E-state index in [9.17, 15) is 14.3 Å². The van der Waals surface area contributed by atoms with Gasteiger partial charge in [-0.05, 0) is 66.7 Å². The van der Waals surface area contributed by atoms with Crippen LogP contribution in [0.1, 0.15) is 12.5 Å². The number of thioether (sulfide) groups is 1. The summed E-state index contributed by atoms with van der Waals surface area (Å²) in [7, 11) is 0. The molecule has 0 aromatic heterocycles. The average molecular weight is 393 g/mol. The predicted octanol–water partition coefficient (Wildman–Crippen LogP) is 4.48. The van der Waals surface area contributed by atoms with E-state index >= 15 is 0 Å². The van der Waals surface area contributed by atoms with Crippen molar-refractivity contribution in [2.75, 3.05) is 6.61 Å². The number of phenols is 1. The third-order valence-corrected chi connectivity index (χ3v) is 4.55. The van der Waals surface area contributed by atoms with E-state index in [0.717, 1.165) is 11.8 Å². The van der Waals surface area contributed by atoms with Crippen LogP contribution in [0.15, 0.2) is 46.3 Å². The summed E-state index contributed by atoms with van der Waals surface area (Å²) in [5.74, 6) is -0.557. The van der Waals surface area contributed by atoms with E-state index in [1.807, 2.05) is 0 Å². The molecular formula is C18H14ClFN2O3S. The molecule has 1 fully saturated rings. The molecule has 0 unspecified atom stereocenters. The second-order valence-electron chi connectivity index (χ2n) is 5.24. The lowest BCUT2D eigenvalue weighted by Crippen LogP contribution is -2.19. The van der Waals surface area contributed by atoms with Gasteiger partial charge in [0.25, 0.3) is 5.91 Å². The van der Waals surface area contributed by atoms with Gasteiger partial charge in [-0.15, -0.1) is 0 Å². The van der Waals surface area contributed by atoms with Gasteiger partial charge in [-0.25, -0.2) is 9.38 Å². The highest BCUT2D eigenvalue weighted by atomic mass is 35.5. The van der Waals surface area contributed by atoms with E-state index < -0.39 is 0 Å². The summed E-state index contributed by atoms with van der Waals surface area (Å²) in [4.78, 5) is 16.8. The van der Waals surface area contributed by atoms with Crippen LogP contribution < -0.4 is 10.1 Å². The Hall–Kier alpha value is -2.51. The molecule has 1 amide bonds. The van der Waals surface area contributed by atoms with Gasteiger partial charge in [0.1, 0.15) is 5.82 Å². The number of aromatic hydroxyl groups is 1. The van der Waals surface area contributed by atoms with Crippen molar-refractivity contribution in [3.63, 3.8) is 0 Å². The number of benzene rings is 2. The van der Waals surface area contributed by atoms with Gasteiger partial charge in [0, 0.05) is 0 Å². The molecule has 1 aliphatic heterocycles. The standard InChI is InChI=1S/C18H14ClFN2O3S/c1-2-25-14-8-10(7-13(19)16(14)23)9-15-17(24)22-18(26-15)21-12-5-3-11(20)4-6-12/h3-9,23H,2H2,1H3,(H,21,22,24)/b15-9-. The minimum atomic E-state index is -0.355. The lowest BCUT2D eigenvalue weighted by Gasteiger charge is -2.08. The van der Waals surface area contributed by atoms with E-state index in [0.29, 0.717) is 27.9 Å². The lowest BCUT2D eigenvalue weighted by molar-refractivity contribution is -0.115. The van der Waals surface area contributed by atoms with Gasteiger partial charge >= 0.3 is 0 Å². The minimum absolute atomic E-state index is 0.131. The second kappa shape index (κ2) is 7.80. The molecule has 0 radical (unpaired) electrons. The Morgan fingerprint density at radius 3 is 2.77 bits per heavy atom. The smallest absolute Gasteiger partial charge is 0.264 e. The SMILES string of the molecule is CCOc1cc(/C=C2\SC(=Nc3ccc(F)cc3)NC2=O)cc(Cl)c1O. The van der Waals surface area contributed by atoms with Crippen LogP contribution in [0.25, 0.3) is 6.08 Å². The minimum Gasteiger partial charge on any atom is -0.503 e. The number of ether oxygens (including phenoxy) is 1. The van der Waals surface area contributed by atoms with Crippen molar-refractivity contribution in [3.05, 3.63) is 57.7 Å². The fourth-order valence-electron chi connectivity index (χ4n) is 2.21. The number of amides is 1. The number of carbonyl (C=O) groups is 1. The van der Waals surface area contributed by atoms with Gasteiger partial charge in [0.05, 0.1) is 22.2 Å². The number of rotatable bonds is 4. The molecule has 1 saturated heterocycles. The maximum Gasteiger partial charge on any atom is 0.264 e. The lowest BCUT2D eigenvalue weighted by atomic mass is 10.2. The van der Waals surface area contributed by atoms with Gasteiger partial charge in [-0.1, -0.05) is 11.6 Å². The fourth-order valence-corrected chi connectivity index (χ4v) is 3.27. The molecule has 3 rings (SSSR count). The summed E-state index contributed by atoms with van der Waals surface area (Å²) in [6.45, 7) is 2.16. The van der Waals surface area contributed by atoms with Crippen LogP contribution in [0.5, 0.6) is 11.5 Å². The Labute approximate surface area is 158 Å². The predicted molar refractivity (Wildman–Crippen MR) is 101 cm³/mol. The molecule has 26 heavy (non-hydrogen) atoms. The van der Waals surface area contributed by atoms with Crippen molar-refractivity contribution in [3.8, 4) is 11.5 Å². The average Bonchev–Trinajstić information content (AvgIpc) is 2.94. The van der Waals surface area contributed by atoms with Crippen LogP contribution in [0.4, 0.5) is 10.1 Å². The Balaban J connectivity index is 1.86. The molecule has 2 aromatic rings. The van der Waals surface area contributed by atoms with Crippen molar-refractivity contribution < 1.29 is 19.0 Å². The van der Waals surface area contributed by atoms with Crippen LogP contribution in [0.3, 0.4) is 0 Å². The first-order valence-corrected chi connectivity index (χ1v) is 8.86. The van der Waals surface area contributed by atoms with Gasteiger partial charge in [0.15, 0.2) is 16.7 Å². The molecule has 8 heteroatoms. The number of nitrogens with one attached hydrogen (secondary N) is 1. The summed E-state index contributed by atoms with van der Waals surface area (Å²) in [6, 6.07) is 8.77. The van der Waals surface area contributed by atoms with Crippen LogP contribution >= 0.6 is 23.4 Å². The Bertz CT molecular complexity index is 913. The monoisotopic (exact) mass is 392 g/mol. The highest BCUT2D eigenvalue weighted by molar-refractivity contribution is 8.18. The molecule has 2 aromatic carbocycles. The first-order valence-electron chi connectivity index (χ1n) is 7.66.